The zero-order chi connectivity index (χ0) is 14.0. The molecule has 1 saturated carbocycles. The molecule has 1 nitrogen and oxygen atoms in total. The summed E-state index contributed by atoms with van der Waals surface area (Å²) < 4.78 is 13.4. The van der Waals surface area contributed by atoms with Crippen LogP contribution in [0.5, 0.6) is 0 Å². The van der Waals surface area contributed by atoms with Crippen LogP contribution >= 0.6 is 23.2 Å². The third kappa shape index (κ3) is 3.55. The second kappa shape index (κ2) is 6.32. The molecule has 1 aliphatic rings. The molecule has 19 heavy (non-hydrogen) atoms. The van der Waals surface area contributed by atoms with Crippen LogP contribution in [0.4, 0.5) is 10.1 Å². The smallest absolute Gasteiger partial charge is 0.160 e. The van der Waals surface area contributed by atoms with Crippen molar-refractivity contribution in [1.29, 1.82) is 0 Å². The minimum absolute atomic E-state index is 0.0758. The zero-order valence-electron chi connectivity index (χ0n) is 11.3. The third-order valence-corrected chi connectivity index (χ3v) is 4.56. The van der Waals surface area contributed by atoms with E-state index in [0.29, 0.717) is 17.9 Å². The van der Waals surface area contributed by atoms with Gasteiger partial charge in [-0.2, -0.15) is 0 Å². The molecule has 0 amide bonds. The molecule has 0 spiro atoms. The molecule has 106 valence electrons. The average molecular weight is 304 g/mol. The number of hydrogen-bond donors (Lipinski definition) is 1. The predicted octanol–water partition coefficient (Wildman–Crippen LogP) is 5.76. The molecule has 0 radical (unpaired) electrons. The number of hydrogen-bond acceptors (Lipinski definition) is 1. The van der Waals surface area contributed by atoms with Crippen molar-refractivity contribution in [3.8, 4) is 0 Å². The van der Waals surface area contributed by atoms with Gasteiger partial charge in [-0.25, -0.2) is 4.39 Å². The van der Waals surface area contributed by atoms with Gasteiger partial charge in [0.2, 0.25) is 0 Å². The first kappa shape index (κ1) is 14.9. The van der Waals surface area contributed by atoms with Gasteiger partial charge in [0.05, 0.1) is 10.0 Å². The first-order chi connectivity index (χ1) is 8.99. The van der Waals surface area contributed by atoms with Gasteiger partial charge in [-0.05, 0) is 36.8 Å². The van der Waals surface area contributed by atoms with E-state index in [1.54, 1.807) is 12.1 Å². The molecule has 4 heteroatoms. The molecule has 0 bridgehead atoms. The second-order valence-corrected chi connectivity index (χ2v) is 6.51. The van der Waals surface area contributed by atoms with Crippen LogP contribution in [0.3, 0.4) is 0 Å². The van der Waals surface area contributed by atoms with Crippen molar-refractivity contribution >= 4 is 28.9 Å². The van der Waals surface area contributed by atoms with E-state index in [9.17, 15) is 4.39 Å². The molecule has 0 heterocycles. The number of benzene rings is 1. The Balaban J connectivity index is 2.15. The highest BCUT2D eigenvalue weighted by molar-refractivity contribution is 6.35. The van der Waals surface area contributed by atoms with Crippen LogP contribution in [0.15, 0.2) is 12.1 Å². The number of anilines is 1. The van der Waals surface area contributed by atoms with Gasteiger partial charge in [0, 0.05) is 11.7 Å². The van der Waals surface area contributed by atoms with Crippen LogP contribution in [-0.2, 0) is 0 Å². The van der Waals surface area contributed by atoms with Crippen molar-refractivity contribution in [2.75, 3.05) is 5.32 Å². The van der Waals surface area contributed by atoms with Crippen LogP contribution in [0, 0.1) is 17.7 Å². The standard InChI is InChI=1S/C15H20Cl2FN/c1-9(2)11-5-3-4-6-14(11)19-10-7-12(16)15(18)13(17)8-10/h7-9,11,14,19H,3-6H2,1-2H3. The summed E-state index contributed by atoms with van der Waals surface area (Å²) in [5, 5.41) is 3.64. The van der Waals surface area contributed by atoms with Crippen LogP contribution in [0.25, 0.3) is 0 Å². The Morgan fingerprint density at radius 3 is 2.32 bits per heavy atom. The molecule has 0 aliphatic heterocycles. The summed E-state index contributed by atoms with van der Waals surface area (Å²) in [5.74, 6) is 0.749. The van der Waals surface area contributed by atoms with E-state index in [1.165, 1.54) is 19.3 Å². The maximum atomic E-state index is 13.4. The van der Waals surface area contributed by atoms with Gasteiger partial charge in [-0.3, -0.25) is 0 Å². The summed E-state index contributed by atoms with van der Waals surface area (Å²) in [6, 6.07) is 3.66. The van der Waals surface area contributed by atoms with Crippen LogP contribution in [0.1, 0.15) is 39.5 Å². The lowest BCUT2D eigenvalue weighted by Gasteiger charge is -2.35. The molecule has 1 fully saturated rings. The molecule has 1 aromatic rings. The van der Waals surface area contributed by atoms with E-state index in [2.05, 4.69) is 19.2 Å². The Morgan fingerprint density at radius 1 is 1.16 bits per heavy atom. The lowest BCUT2D eigenvalue weighted by Crippen LogP contribution is -2.35. The van der Waals surface area contributed by atoms with Crippen LogP contribution in [-0.4, -0.2) is 6.04 Å². The van der Waals surface area contributed by atoms with Gasteiger partial charge in [0.15, 0.2) is 5.82 Å². The molecule has 2 atom stereocenters. The van der Waals surface area contributed by atoms with Crippen molar-refractivity contribution in [3.63, 3.8) is 0 Å². The summed E-state index contributed by atoms with van der Waals surface area (Å²) in [4.78, 5) is 0. The van der Waals surface area contributed by atoms with E-state index in [4.69, 9.17) is 23.2 Å². The van der Waals surface area contributed by atoms with Gasteiger partial charge >= 0.3 is 0 Å². The lowest BCUT2D eigenvalue weighted by molar-refractivity contribution is 0.254. The summed E-state index contributed by atoms with van der Waals surface area (Å²) in [7, 11) is 0. The van der Waals surface area contributed by atoms with Gasteiger partial charge in [-0.1, -0.05) is 49.9 Å². The van der Waals surface area contributed by atoms with Crippen molar-refractivity contribution in [2.45, 2.75) is 45.6 Å². The maximum Gasteiger partial charge on any atom is 0.160 e. The van der Waals surface area contributed by atoms with E-state index in [-0.39, 0.29) is 10.0 Å². The SMILES string of the molecule is CC(C)C1CCCCC1Nc1cc(Cl)c(F)c(Cl)c1. The molecule has 2 rings (SSSR count). The number of halogens is 3. The molecular weight excluding hydrogens is 284 g/mol. The fraction of sp³-hybridized carbons (Fsp3) is 0.600. The van der Waals surface area contributed by atoms with Crippen LogP contribution in [0.2, 0.25) is 10.0 Å². The molecule has 1 aromatic carbocycles. The second-order valence-electron chi connectivity index (χ2n) is 5.70. The Kier molecular flexibility index (Phi) is 4.97. The van der Waals surface area contributed by atoms with Gasteiger partial charge < -0.3 is 5.32 Å². The van der Waals surface area contributed by atoms with Crippen molar-refractivity contribution in [1.82, 2.24) is 0 Å². The van der Waals surface area contributed by atoms with Gasteiger partial charge in [0.1, 0.15) is 0 Å². The minimum atomic E-state index is -0.544. The first-order valence-corrected chi connectivity index (χ1v) is 7.65. The Hall–Kier alpha value is -0.470. The van der Waals surface area contributed by atoms with E-state index >= 15 is 0 Å². The van der Waals surface area contributed by atoms with Gasteiger partial charge in [-0.15, -0.1) is 0 Å². The van der Waals surface area contributed by atoms with E-state index in [1.807, 2.05) is 0 Å². The van der Waals surface area contributed by atoms with Crippen molar-refractivity contribution in [3.05, 3.63) is 28.0 Å². The number of nitrogens with one attached hydrogen (secondary N) is 1. The minimum Gasteiger partial charge on any atom is -0.382 e. The van der Waals surface area contributed by atoms with Crippen LogP contribution < -0.4 is 5.32 Å². The normalized spacial score (nSPS) is 23.7. The highest BCUT2D eigenvalue weighted by Crippen LogP contribution is 2.34. The lowest BCUT2D eigenvalue weighted by atomic mass is 9.78. The topological polar surface area (TPSA) is 12.0 Å². The highest BCUT2D eigenvalue weighted by atomic mass is 35.5. The quantitative estimate of drug-likeness (QED) is 0.700. The summed E-state index contributed by atoms with van der Waals surface area (Å²) in [6.45, 7) is 4.52. The fourth-order valence-corrected chi connectivity index (χ4v) is 3.48. The highest BCUT2D eigenvalue weighted by Gasteiger charge is 2.27. The largest absolute Gasteiger partial charge is 0.382 e. The summed E-state index contributed by atoms with van der Waals surface area (Å²) >= 11 is 11.7. The Labute approximate surface area is 124 Å². The van der Waals surface area contributed by atoms with E-state index in [0.717, 1.165) is 12.1 Å². The summed E-state index contributed by atoms with van der Waals surface area (Å²) in [6.07, 6.45) is 4.93. The fourth-order valence-electron chi connectivity index (χ4n) is 2.99. The predicted molar refractivity (Wildman–Crippen MR) is 80.6 cm³/mol. The Bertz CT molecular complexity index is 425. The molecule has 1 aliphatic carbocycles. The third-order valence-electron chi connectivity index (χ3n) is 4.01. The maximum absolute atomic E-state index is 13.4. The molecule has 0 saturated heterocycles. The zero-order valence-corrected chi connectivity index (χ0v) is 12.9. The van der Waals surface area contributed by atoms with Gasteiger partial charge in [0.25, 0.3) is 0 Å². The molecular formula is C15H20Cl2FN. The molecule has 2 unspecified atom stereocenters. The van der Waals surface area contributed by atoms with Crippen molar-refractivity contribution < 1.29 is 4.39 Å². The number of rotatable bonds is 3. The molecule has 1 N–H and O–H groups in total. The first-order valence-electron chi connectivity index (χ1n) is 6.90. The van der Waals surface area contributed by atoms with Crippen molar-refractivity contribution in [2.24, 2.45) is 11.8 Å². The Morgan fingerprint density at radius 2 is 1.74 bits per heavy atom. The van der Waals surface area contributed by atoms with E-state index < -0.39 is 5.82 Å². The summed E-state index contributed by atoms with van der Waals surface area (Å²) in [5.41, 5.74) is 0.814. The monoisotopic (exact) mass is 303 g/mol. The average Bonchev–Trinajstić information content (AvgIpc) is 2.36. The molecule has 0 aromatic heterocycles.